The van der Waals surface area contributed by atoms with Crippen LogP contribution in [0.3, 0.4) is 0 Å². The van der Waals surface area contributed by atoms with Gasteiger partial charge in [0.15, 0.2) is 0 Å². The molecule has 0 saturated carbocycles. The highest BCUT2D eigenvalue weighted by atomic mass is 16.5. The summed E-state index contributed by atoms with van der Waals surface area (Å²) in [7, 11) is 3.54. The van der Waals surface area contributed by atoms with Crippen LogP contribution in [-0.4, -0.2) is 25.7 Å². The Kier molecular flexibility index (Phi) is 4.61. The third-order valence-electron chi connectivity index (χ3n) is 2.92. The van der Waals surface area contributed by atoms with Crippen molar-refractivity contribution in [2.45, 2.75) is 6.42 Å². The van der Waals surface area contributed by atoms with E-state index in [1.165, 1.54) is 5.56 Å². The van der Waals surface area contributed by atoms with Gasteiger partial charge in [0, 0.05) is 31.5 Å². The first-order valence-corrected chi connectivity index (χ1v) is 6.32. The van der Waals surface area contributed by atoms with Crippen LogP contribution in [0, 0.1) is 0 Å². The predicted molar refractivity (Wildman–Crippen MR) is 79.0 cm³/mol. The summed E-state index contributed by atoms with van der Waals surface area (Å²) in [5.74, 6) is 1.76. The molecule has 4 heteroatoms. The van der Waals surface area contributed by atoms with Crippen LogP contribution in [0.25, 0.3) is 0 Å². The second-order valence-corrected chi connectivity index (χ2v) is 4.20. The van der Waals surface area contributed by atoms with E-state index in [1.807, 2.05) is 31.3 Å². The van der Waals surface area contributed by atoms with Crippen molar-refractivity contribution in [2.75, 3.05) is 31.3 Å². The van der Waals surface area contributed by atoms with Gasteiger partial charge in [0.05, 0.1) is 7.11 Å². The number of pyridine rings is 1. The average Bonchev–Trinajstić information content (AvgIpc) is 2.48. The van der Waals surface area contributed by atoms with Gasteiger partial charge in [0.1, 0.15) is 11.6 Å². The van der Waals surface area contributed by atoms with Crippen molar-refractivity contribution >= 4 is 11.5 Å². The Morgan fingerprint density at radius 3 is 2.63 bits per heavy atom. The zero-order valence-electron chi connectivity index (χ0n) is 11.3. The molecule has 0 aliphatic heterocycles. The van der Waals surface area contributed by atoms with Crippen LogP contribution in [0.4, 0.5) is 11.5 Å². The minimum atomic E-state index is 0.870. The molecule has 0 radical (unpaired) electrons. The Labute approximate surface area is 113 Å². The van der Waals surface area contributed by atoms with Gasteiger partial charge >= 0.3 is 0 Å². The Hall–Kier alpha value is -2.23. The van der Waals surface area contributed by atoms with Crippen LogP contribution in [0.1, 0.15) is 5.56 Å². The first-order chi connectivity index (χ1) is 9.31. The van der Waals surface area contributed by atoms with Crippen molar-refractivity contribution < 1.29 is 4.74 Å². The van der Waals surface area contributed by atoms with Gasteiger partial charge in [-0.2, -0.15) is 0 Å². The fourth-order valence-electron chi connectivity index (χ4n) is 1.82. The number of rotatable bonds is 6. The highest BCUT2D eigenvalue weighted by Crippen LogP contribution is 2.13. The number of hydrogen-bond donors (Lipinski definition) is 2. The molecule has 0 bridgehead atoms. The van der Waals surface area contributed by atoms with Crippen molar-refractivity contribution in [1.82, 2.24) is 4.98 Å². The highest BCUT2D eigenvalue weighted by molar-refractivity contribution is 5.51. The fourth-order valence-corrected chi connectivity index (χ4v) is 1.82. The number of aromatic nitrogens is 1. The maximum absolute atomic E-state index is 5.14. The number of anilines is 2. The fraction of sp³-hybridized carbons (Fsp3) is 0.267. The van der Waals surface area contributed by atoms with Gasteiger partial charge in [-0.25, -0.2) is 4.98 Å². The number of methoxy groups -OCH3 is 1. The summed E-state index contributed by atoms with van der Waals surface area (Å²) in [4.78, 5) is 4.18. The molecule has 100 valence electrons. The van der Waals surface area contributed by atoms with Gasteiger partial charge in [0.2, 0.25) is 0 Å². The second kappa shape index (κ2) is 6.64. The minimum Gasteiger partial charge on any atom is -0.497 e. The molecule has 1 heterocycles. The molecular formula is C15H19N3O. The molecule has 1 aromatic heterocycles. The number of benzene rings is 1. The van der Waals surface area contributed by atoms with E-state index in [0.29, 0.717) is 0 Å². The lowest BCUT2D eigenvalue weighted by molar-refractivity contribution is 0.414. The first-order valence-electron chi connectivity index (χ1n) is 6.32. The van der Waals surface area contributed by atoms with E-state index < -0.39 is 0 Å². The summed E-state index contributed by atoms with van der Waals surface area (Å²) in [6.45, 7) is 0.888. The third-order valence-corrected chi connectivity index (χ3v) is 2.92. The Morgan fingerprint density at radius 1 is 1.16 bits per heavy atom. The Bertz CT molecular complexity index is 511. The molecule has 0 saturated heterocycles. The standard InChI is InChI=1S/C15H19N3O/c1-16-15-11-13(8-10-18-15)17-9-7-12-3-5-14(19-2)6-4-12/h3-6,8,10-11H,7,9H2,1-2H3,(H2,16,17,18). The van der Waals surface area contributed by atoms with Crippen molar-refractivity contribution in [3.05, 3.63) is 48.2 Å². The molecule has 1 aromatic carbocycles. The van der Waals surface area contributed by atoms with Gasteiger partial charge in [0.25, 0.3) is 0 Å². The summed E-state index contributed by atoms with van der Waals surface area (Å²) >= 11 is 0. The van der Waals surface area contributed by atoms with Crippen LogP contribution in [-0.2, 0) is 6.42 Å². The zero-order valence-corrected chi connectivity index (χ0v) is 11.3. The van der Waals surface area contributed by atoms with Gasteiger partial charge in [-0.05, 0) is 30.2 Å². The summed E-state index contributed by atoms with van der Waals surface area (Å²) in [5.41, 5.74) is 2.36. The van der Waals surface area contributed by atoms with Crippen LogP contribution in [0.5, 0.6) is 5.75 Å². The first kappa shape index (κ1) is 13.2. The Morgan fingerprint density at radius 2 is 1.95 bits per heavy atom. The van der Waals surface area contributed by atoms with Crippen molar-refractivity contribution in [2.24, 2.45) is 0 Å². The molecule has 4 nitrogen and oxygen atoms in total. The SMILES string of the molecule is CNc1cc(NCCc2ccc(OC)cc2)ccn1. The van der Waals surface area contributed by atoms with Crippen molar-refractivity contribution in [1.29, 1.82) is 0 Å². The number of nitrogens with one attached hydrogen (secondary N) is 2. The van der Waals surface area contributed by atoms with Gasteiger partial charge in [-0.1, -0.05) is 12.1 Å². The molecule has 0 aliphatic carbocycles. The smallest absolute Gasteiger partial charge is 0.127 e. The van der Waals surface area contributed by atoms with E-state index in [2.05, 4.69) is 27.8 Å². The minimum absolute atomic E-state index is 0.870. The lowest BCUT2D eigenvalue weighted by atomic mass is 10.1. The van der Waals surface area contributed by atoms with E-state index in [4.69, 9.17) is 4.74 Å². The highest BCUT2D eigenvalue weighted by Gasteiger charge is 1.97. The van der Waals surface area contributed by atoms with E-state index in [-0.39, 0.29) is 0 Å². The van der Waals surface area contributed by atoms with Gasteiger partial charge in [-0.3, -0.25) is 0 Å². The normalized spacial score (nSPS) is 10.0. The maximum Gasteiger partial charge on any atom is 0.127 e. The number of ether oxygens (including phenoxy) is 1. The van der Waals surface area contributed by atoms with Gasteiger partial charge < -0.3 is 15.4 Å². The van der Waals surface area contributed by atoms with Crippen LogP contribution in [0.2, 0.25) is 0 Å². The van der Waals surface area contributed by atoms with E-state index >= 15 is 0 Å². The molecule has 2 N–H and O–H groups in total. The summed E-state index contributed by atoms with van der Waals surface area (Å²) in [6.07, 6.45) is 2.77. The Balaban J connectivity index is 1.85. The van der Waals surface area contributed by atoms with Crippen molar-refractivity contribution in [3.63, 3.8) is 0 Å². The predicted octanol–water partition coefficient (Wildman–Crippen LogP) is 2.79. The molecule has 0 fully saturated rings. The molecular weight excluding hydrogens is 238 g/mol. The number of nitrogens with zero attached hydrogens (tertiary/aromatic N) is 1. The molecule has 19 heavy (non-hydrogen) atoms. The molecule has 0 unspecified atom stereocenters. The van der Waals surface area contributed by atoms with Crippen LogP contribution >= 0.6 is 0 Å². The molecule has 2 rings (SSSR count). The molecule has 2 aromatic rings. The third kappa shape index (κ3) is 3.88. The second-order valence-electron chi connectivity index (χ2n) is 4.20. The largest absolute Gasteiger partial charge is 0.497 e. The van der Waals surface area contributed by atoms with Gasteiger partial charge in [-0.15, -0.1) is 0 Å². The lowest BCUT2D eigenvalue weighted by Gasteiger charge is -2.08. The molecule has 0 amide bonds. The topological polar surface area (TPSA) is 46.2 Å². The van der Waals surface area contributed by atoms with E-state index in [9.17, 15) is 0 Å². The lowest BCUT2D eigenvalue weighted by Crippen LogP contribution is -2.05. The monoisotopic (exact) mass is 257 g/mol. The maximum atomic E-state index is 5.14. The van der Waals surface area contributed by atoms with E-state index in [0.717, 1.165) is 30.2 Å². The average molecular weight is 257 g/mol. The molecule has 0 atom stereocenters. The van der Waals surface area contributed by atoms with Crippen molar-refractivity contribution in [3.8, 4) is 5.75 Å². The molecule has 0 aliphatic rings. The zero-order chi connectivity index (χ0) is 13.5. The summed E-state index contributed by atoms with van der Waals surface area (Å²) in [5, 5.41) is 6.41. The summed E-state index contributed by atoms with van der Waals surface area (Å²) < 4.78 is 5.14. The summed E-state index contributed by atoms with van der Waals surface area (Å²) in [6, 6.07) is 12.1. The molecule has 0 spiro atoms. The van der Waals surface area contributed by atoms with E-state index in [1.54, 1.807) is 13.3 Å². The van der Waals surface area contributed by atoms with Crippen LogP contribution in [0.15, 0.2) is 42.6 Å². The quantitative estimate of drug-likeness (QED) is 0.835. The number of hydrogen-bond acceptors (Lipinski definition) is 4. The van der Waals surface area contributed by atoms with Crippen LogP contribution < -0.4 is 15.4 Å².